The Labute approximate surface area is 180 Å². The van der Waals surface area contributed by atoms with Crippen LogP contribution in [-0.4, -0.2) is 85.1 Å². The molecule has 2 aliphatic rings. The van der Waals surface area contributed by atoms with Crippen LogP contribution in [0.2, 0.25) is 0 Å². The van der Waals surface area contributed by atoms with Gasteiger partial charge in [-0.1, -0.05) is 12.8 Å². The monoisotopic (exact) mass is 440 g/mol. The van der Waals surface area contributed by atoms with E-state index < -0.39 is 10.0 Å². The maximum absolute atomic E-state index is 12.5. The molecule has 1 aliphatic heterocycles. The van der Waals surface area contributed by atoms with Crippen LogP contribution in [0.25, 0.3) is 0 Å². The fourth-order valence-corrected chi connectivity index (χ4v) is 5.33. The number of hydrogen-bond acceptors (Lipinski definition) is 5. The van der Waals surface area contributed by atoms with Crippen molar-refractivity contribution < 1.29 is 13.2 Å². The fourth-order valence-electron chi connectivity index (χ4n) is 4.04. The number of nitrogens with one attached hydrogen (secondary N) is 1. The van der Waals surface area contributed by atoms with E-state index in [9.17, 15) is 8.42 Å². The minimum absolute atomic E-state index is 0.0296. The van der Waals surface area contributed by atoms with Gasteiger partial charge in [-0.15, -0.1) is 0 Å². The van der Waals surface area contributed by atoms with E-state index in [1.165, 1.54) is 25.7 Å². The zero-order valence-electron chi connectivity index (χ0n) is 18.5. The van der Waals surface area contributed by atoms with Crippen molar-refractivity contribution in [3.63, 3.8) is 0 Å². The number of piperazine rings is 1. The lowest BCUT2D eigenvalue weighted by Crippen LogP contribution is -2.54. The minimum Gasteiger partial charge on any atom is -0.378 e. The molecule has 0 spiro atoms. The molecule has 1 aliphatic carbocycles. The normalized spacial score (nSPS) is 19.7. The van der Waals surface area contributed by atoms with Crippen molar-refractivity contribution in [1.82, 2.24) is 24.3 Å². The number of aromatic nitrogens is 2. The SMILES string of the molecule is CN=C(NCc1ccn(C2CCCC2)n1)N1CCN(S(=O)(=O)CCOC(C)C)CC1. The van der Waals surface area contributed by atoms with Gasteiger partial charge in [-0.05, 0) is 32.8 Å². The highest BCUT2D eigenvalue weighted by atomic mass is 32.2. The molecular weight excluding hydrogens is 404 g/mol. The first-order valence-electron chi connectivity index (χ1n) is 11.0. The highest BCUT2D eigenvalue weighted by Crippen LogP contribution is 2.28. The number of ether oxygens (including phenoxy) is 1. The van der Waals surface area contributed by atoms with Gasteiger partial charge in [-0.25, -0.2) is 8.42 Å². The van der Waals surface area contributed by atoms with Gasteiger partial charge in [0.15, 0.2) is 5.96 Å². The van der Waals surface area contributed by atoms with Gasteiger partial charge < -0.3 is 15.0 Å². The van der Waals surface area contributed by atoms with Gasteiger partial charge in [0, 0.05) is 39.4 Å². The molecule has 1 aromatic rings. The largest absolute Gasteiger partial charge is 0.378 e. The molecule has 10 heteroatoms. The average Bonchev–Trinajstić information content (AvgIpc) is 3.40. The molecular formula is C20H36N6O3S. The summed E-state index contributed by atoms with van der Waals surface area (Å²) in [6, 6.07) is 2.60. The molecule has 0 unspecified atom stereocenters. The van der Waals surface area contributed by atoms with E-state index in [1.807, 2.05) is 13.8 Å². The Morgan fingerprint density at radius 2 is 1.97 bits per heavy atom. The first kappa shape index (κ1) is 23.0. The summed E-state index contributed by atoms with van der Waals surface area (Å²) in [5.74, 6) is 0.813. The number of guanidine groups is 1. The fraction of sp³-hybridized carbons (Fsp3) is 0.800. The van der Waals surface area contributed by atoms with Crippen LogP contribution in [0.5, 0.6) is 0 Å². The van der Waals surface area contributed by atoms with Gasteiger partial charge in [0.05, 0.1) is 36.7 Å². The molecule has 0 aromatic carbocycles. The molecule has 1 saturated carbocycles. The van der Waals surface area contributed by atoms with Crippen LogP contribution < -0.4 is 5.32 Å². The van der Waals surface area contributed by atoms with Crippen molar-refractivity contribution in [2.24, 2.45) is 4.99 Å². The minimum atomic E-state index is -3.29. The van der Waals surface area contributed by atoms with Gasteiger partial charge in [0.2, 0.25) is 10.0 Å². The van der Waals surface area contributed by atoms with Crippen LogP contribution in [0.1, 0.15) is 51.3 Å². The van der Waals surface area contributed by atoms with Crippen LogP contribution in [-0.2, 0) is 21.3 Å². The zero-order chi connectivity index (χ0) is 21.6. The van der Waals surface area contributed by atoms with Gasteiger partial charge in [-0.2, -0.15) is 9.40 Å². The van der Waals surface area contributed by atoms with E-state index in [-0.39, 0.29) is 18.5 Å². The predicted molar refractivity (Wildman–Crippen MR) is 118 cm³/mol. The molecule has 0 radical (unpaired) electrons. The number of rotatable bonds is 8. The topological polar surface area (TPSA) is 92.1 Å². The molecule has 1 N–H and O–H groups in total. The van der Waals surface area contributed by atoms with Gasteiger partial charge in [-0.3, -0.25) is 9.67 Å². The summed E-state index contributed by atoms with van der Waals surface area (Å²) >= 11 is 0. The lowest BCUT2D eigenvalue weighted by Gasteiger charge is -2.35. The summed E-state index contributed by atoms with van der Waals surface area (Å²) < 4.78 is 34.1. The Morgan fingerprint density at radius 3 is 2.60 bits per heavy atom. The number of sulfonamides is 1. The quantitative estimate of drug-likeness (QED) is 0.486. The smallest absolute Gasteiger partial charge is 0.216 e. The van der Waals surface area contributed by atoms with E-state index in [0.29, 0.717) is 38.8 Å². The molecule has 1 saturated heterocycles. The third-order valence-corrected chi connectivity index (χ3v) is 7.56. The summed E-state index contributed by atoms with van der Waals surface area (Å²) in [5.41, 5.74) is 0.995. The Hall–Kier alpha value is -1.65. The van der Waals surface area contributed by atoms with Crippen LogP contribution >= 0.6 is 0 Å². The summed E-state index contributed by atoms with van der Waals surface area (Å²) in [6.45, 7) is 6.80. The summed E-state index contributed by atoms with van der Waals surface area (Å²) in [7, 11) is -1.53. The molecule has 170 valence electrons. The zero-order valence-corrected chi connectivity index (χ0v) is 19.3. The van der Waals surface area contributed by atoms with Crippen LogP contribution in [0.3, 0.4) is 0 Å². The van der Waals surface area contributed by atoms with Crippen molar-refractivity contribution in [2.75, 3.05) is 45.6 Å². The number of aliphatic imine (C=N–C) groups is 1. The second kappa shape index (κ2) is 10.6. The molecule has 3 rings (SSSR count). The highest BCUT2D eigenvalue weighted by Gasteiger charge is 2.28. The maximum Gasteiger partial charge on any atom is 0.216 e. The number of hydrogen-bond donors (Lipinski definition) is 1. The van der Waals surface area contributed by atoms with Gasteiger partial charge >= 0.3 is 0 Å². The Bertz CT molecular complexity index is 793. The Kier molecular flexibility index (Phi) is 8.13. The van der Waals surface area contributed by atoms with Crippen molar-refractivity contribution in [1.29, 1.82) is 0 Å². The Morgan fingerprint density at radius 1 is 1.27 bits per heavy atom. The van der Waals surface area contributed by atoms with Gasteiger partial charge in [0.25, 0.3) is 0 Å². The van der Waals surface area contributed by atoms with E-state index >= 15 is 0 Å². The van der Waals surface area contributed by atoms with Crippen molar-refractivity contribution >= 4 is 16.0 Å². The van der Waals surface area contributed by atoms with E-state index in [4.69, 9.17) is 9.84 Å². The lowest BCUT2D eigenvalue weighted by molar-refractivity contribution is 0.0904. The molecule has 30 heavy (non-hydrogen) atoms. The van der Waals surface area contributed by atoms with Crippen LogP contribution in [0, 0.1) is 0 Å². The van der Waals surface area contributed by atoms with E-state index in [1.54, 1.807) is 11.4 Å². The first-order chi connectivity index (χ1) is 14.4. The maximum atomic E-state index is 12.5. The molecule has 2 fully saturated rings. The summed E-state index contributed by atoms with van der Waals surface area (Å²) in [5, 5.41) is 8.08. The lowest BCUT2D eigenvalue weighted by atomic mass is 10.3. The van der Waals surface area contributed by atoms with Crippen LogP contribution in [0.15, 0.2) is 17.3 Å². The van der Waals surface area contributed by atoms with E-state index in [2.05, 4.69) is 32.2 Å². The van der Waals surface area contributed by atoms with Crippen molar-refractivity contribution in [3.8, 4) is 0 Å². The van der Waals surface area contributed by atoms with E-state index in [0.717, 1.165) is 11.7 Å². The average molecular weight is 441 g/mol. The molecule has 2 heterocycles. The van der Waals surface area contributed by atoms with Crippen molar-refractivity contribution in [3.05, 3.63) is 18.0 Å². The predicted octanol–water partition coefficient (Wildman–Crippen LogP) is 1.45. The molecule has 1 aromatic heterocycles. The number of nitrogens with zero attached hydrogens (tertiary/aromatic N) is 5. The third kappa shape index (κ3) is 6.18. The second-order valence-electron chi connectivity index (χ2n) is 8.25. The first-order valence-corrected chi connectivity index (χ1v) is 12.6. The molecule has 0 atom stereocenters. The van der Waals surface area contributed by atoms with Crippen LogP contribution in [0.4, 0.5) is 0 Å². The molecule has 0 amide bonds. The third-order valence-electron chi connectivity index (χ3n) is 5.73. The second-order valence-corrected chi connectivity index (χ2v) is 10.3. The van der Waals surface area contributed by atoms with Crippen molar-refractivity contribution in [2.45, 2.75) is 58.2 Å². The summed E-state index contributed by atoms with van der Waals surface area (Å²) in [4.78, 5) is 6.48. The Balaban J connectivity index is 1.45. The van der Waals surface area contributed by atoms with Gasteiger partial charge in [0.1, 0.15) is 0 Å². The highest BCUT2D eigenvalue weighted by molar-refractivity contribution is 7.89. The summed E-state index contributed by atoms with van der Waals surface area (Å²) in [6.07, 6.45) is 7.12. The molecule has 9 nitrogen and oxygen atoms in total. The molecule has 0 bridgehead atoms. The standard InChI is InChI=1S/C20H36N6O3S/c1-17(2)29-14-15-30(27,28)25-12-10-24(11-13-25)20(21-3)22-16-18-8-9-26(23-18)19-6-4-5-7-19/h8-9,17,19H,4-7,10-16H2,1-3H3,(H,21,22).